The lowest BCUT2D eigenvalue weighted by atomic mass is 9.98. The van der Waals surface area contributed by atoms with Crippen LogP contribution in [0.3, 0.4) is 0 Å². The van der Waals surface area contributed by atoms with E-state index in [1.165, 1.54) is 12.8 Å². The molecule has 2 fully saturated rings. The van der Waals surface area contributed by atoms with Gasteiger partial charge in [-0.3, -0.25) is 0 Å². The van der Waals surface area contributed by atoms with Crippen LogP contribution in [0.2, 0.25) is 0 Å². The topological polar surface area (TPSA) is 67.5 Å². The number of nitrogens with two attached hydrogens (primary N) is 1. The summed E-state index contributed by atoms with van der Waals surface area (Å²) in [6, 6.07) is -0.567. The fourth-order valence-corrected chi connectivity index (χ4v) is 2.68. The van der Waals surface area contributed by atoms with Gasteiger partial charge in [0, 0.05) is 11.6 Å². The van der Waals surface area contributed by atoms with Crippen LogP contribution in [0.25, 0.3) is 0 Å². The van der Waals surface area contributed by atoms with Gasteiger partial charge in [0.25, 0.3) is 0 Å². The summed E-state index contributed by atoms with van der Waals surface area (Å²) < 4.78 is 0. The maximum atomic E-state index is 10.4. The van der Waals surface area contributed by atoms with E-state index in [2.05, 4.69) is 17.5 Å². The molecule has 4 nitrogen and oxygen atoms in total. The molecule has 0 saturated heterocycles. The molecule has 0 aromatic carbocycles. The van der Waals surface area contributed by atoms with Crippen LogP contribution < -0.4 is 11.2 Å². The quantitative estimate of drug-likeness (QED) is 0.584. The van der Waals surface area contributed by atoms with Crippen LogP contribution in [0, 0.1) is 17.8 Å². The highest BCUT2D eigenvalue weighted by molar-refractivity contribution is 5.91. The minimum atomic E-state index is -0.567. The molecular weight excluding hydrogens is 166 g/mol. The SMILES string of the molecule is CC1C2CCC1/C(=N/NC(N)=O)C2. The highest BCUT2D eigenvalue weighted by Gasteiger charge is 2.43. The van der Waals surface area contributed by atoms with E-state index in [9.17, 15) is 4.79 Å². The number of hydrogen-bond acceptors (Lipinski definition) is 2. The molecule has 0 heterocycles. The number of urea groups is 1. The molecule has 3 N–H and O–H groups in total. The smallest absolute Gasteiger partial charge is 0.332 e. The molecule has 13 heavy (non-hydrogen) atoms. The lowest BCUT2D eigenvalue weighted by Crippen LogP contribution is -2.27. The van der Waals surface area contributed by atoms with Crippen molar-refractivity contribution in [3.05, 3.63) is 0 Å². The van der Waals surface area contributed by atoms with Crippen molar-refractivity contribution in [3.63, 3.8) is 0 Å². The first kappa shape index (κ1) is 8.53. The standard InChI is InChI=1S/C9H15N3O/c1-5-6-2-3-7(5)8(4-6)11-12-9(10)13/h5-7H,2-4H2,1H3,(H3,10,12,13)/b11-8+. The van der Waals surface area contributed by atoms with Gasteiger partial charge in [0.15, 0.2) is 0 Å². The number of carbonyl (C=O) groups is 1. The summed E-state index contributed by atoms with van der Waals surface area (Å²) in [6.07, 6.45) is 3.60. The number of primary amides is 1. The summed E-state index contributed by atoms with van der Waals surface area (Å²) in [6.45, 7) is 2.27. The monoisotopic (exact) mass is 181 g/mol. The van der Waals surface area contributed by atoms with Crippen molar-refractivity contribution in [3.8, 4) is 0 Å². The van der Waals surface area contributed by atoms with Gasteiger partial charge in [-0.05, 0) is 31.1 Å². The number of nitrogens with zero attached hydrogens (tertiary/aromatic N) is 1. The van der Waals surface area contributed by atoms with Gasteiger partial charge < -0.3 is 5.73 Å². The molecule has 72 valence electrons. The largest absolute Gasteiger partial charge is 0.350 e. The van der Waals surface area contributed by atoms with Crippen molar-refractivity contribution in [2.45, 2.75) is 26.2 Å². The van der Waals surface area contributed by atoms with Crippen LogP contribution in [-0.4, -0.2) is 11.7 Å². The lowest BCUT2D eigenvalue weighted by Gasteiger charge is -2.11. The average Bonchev–Trinajstić information content (AvgIpc) is 2.58. The number of rotatable bonds is 1. The Labute approximate surface area is 77.6 Å². The second-order valence-corrected chi connectivity index (χ2v) is 4.09. The fourth-order valence-electron chi connectivity index (χ4n) is 2.68. The maximum Gasteiger partial charge on any atom is 0.332 e. The van der Waals surface area contributed by atoms with Crippen molar-refractivity contribution >= 4 is 11.7 Å². The minimum absolute atomic E-state index is 0.567. The third-order valence-electron chi connectivity index (χ3n) is 3.44. The van der Waals surface area contributed by atoms with E-state index in [4.69, 9.17) is 5.73 Å². The molecule has 4 heteroatoms. The second kappa shape index (κ2) is 3.01. The molecule has 0 aromatic heterocycles. The van der Waals surface area contributed by atoms with Gasteiger partial charge in [-0.15, -0.1) is 0 Å². The number of carbonyl (C=O) groups excluding carboxylic acids is 1. The van der Waals surface area contributed by atoms with Crippen LogP contribution in [0.1, 0.15) is 26.2 Å². The Kier molecular flexibility index (Phi) is 1.98. The summed E-state index contributed by atoms with van der Waals surface area (Å²) in [5.74, 6) is 2.13. The molecule has 0 aliphatic heterocycles. The van der Waals surface area contributed by atoms with Gasteiger partial charge >= 0.3 is 6.03 Å². The van der Waals surface area contributed by atoms with E-state index in [-0.39, 0.29) is 0 Å². The Morgan fingerprint density at radius 1 is 1.62 bits per heavy atom. The molecule has 3 atom stereocenters. The van der Waals surface area contributed by atoms with Crippen LogP contribution in [0.15, 0.2) is 5.10 Å². The number of hydrogen-bond donors (Lipinski definition) is 2. The molecule has 2 bridgehead atoms. The first-order valence-corrected chi connectivity index (χ1v) is 4.80. The molecule has 2 amide bonds. The maximum absolute atomic E-state index is 10.4. The summed E-state index contributed by atoms with van der Waals surface area (Å²) >= 11 is 0. The summed E-state index contributed by atoms with van der Waals surface area (Å²) in [4.78, 5) is 10.4. The van der Waals surface area contributed by atoms with Gasteiger partial charge in [0.05, 0.1) is 0 Å². The second-order valence-electron chi connectivity index (χ2n) is 4.09. The molecule has 3 unspecified atom stereocenters. The van der Waals surface area contributed by atoms with Crippen molar-refractivity contribution in [1.82, 2.24) is 5.43 Å². The van der Waals surface area contributed by atoms with Crippen molar-refractivity contribution in [1.29, 1.82) is 0 Å². The first-order chi connectivity index (χ1) is 6.18. The van der Waals surface area contributed by atoms with Crippen molar-refractivity contribution in [2.24, 2.45) is 28.6 Å². The predicted molar refractivity (Wildman–Crippen MR) is 50.1 cm³/mol. The van der Waals surface area contributed by atoms with E-state index in [0.29, 0.717) is 5.92 Å². The highest BCUT2D eigenvalue weighted by atomic mass is 16.2. The average molecular weight is 181 g/mol. The van der Waals surface area contributed by atoms with E-state index in [1.807, 2.05) is 0 Å². The van der Waals surface area contributed by atoms with Gasteiger partial charge in [-0.25, -0.2) is 10.2 Å². The predicted octanol–water partition coefficient (Wildman–Crippen LogP) is 1.08. The van der Waals surface area contributed by atoms with E-state index in [0.717, 1.165) is 24.0 Å². The summed E-state index contributed by atoms with van der Waals surface area (Å²) in [7, 11) is 0. The van der Waals surface area contributed by atoms with Crippen LogP contribution in [0.4, 0.5) is 4.79 Å². The van der Waals surface area contributed by atoms with Gasteiger partial charge in [-0.1, -0.05) is 6.92 Å². The van der Waals surface area contributed by atoms with Crippen molar-refractivity contribution < 1.29 is 4.79 Å². The molecular formula is C9H15N3O. The third kappa shape index (κ3) is 1.41. The number of amides is 2. The molecule has 0 radical (unpaired) electrons. The molecule has 2 saturated carbocycles. The van der Waals surface area contributed by atoms with E-state index in [1.54, 1.807) is 0 Å². The van der Waals surface area contributed by atoms with Crippen LogP contribution in [0.5, 0.6) is 0 Å². The Bertz CT molecular complexity index is 262. The molecule has 0 aromatic rings. The van der Waals surface area contributed by atoms with Gasteiger partial charge in [-0.2, -0.15) is 5.10 Å². The molecule has 2 rings (SSSR count). The van der Waals surface area contributed by atoms with E-state index < -0.39 is 6.03 Å². The highest BCUT2D eigenvalue weighted by Crippen LogP contribution is 2.47. The molecule has 0 spiro atoms. The Morgan fingerprint density at radius 3 is 2.85 bits per heavy atom. The van der Waals surface area contributed by atoms with Crippen LogP contribution in [-0.2, 0) is 0 Å². The lowest BCUT2D eigenvalue weighted by molar-refractivity contribution is 0.249. The summed E-state index contributed by atoms with van der Waals surface area (Å²) in [5.41, 5.74) is 8.41. The third-order valence-corrected chi connectivity index (χ3v) is 3.44. The minimum Gasteiger partial charge on any atom is -0.350 e. The Morgan fingerprint density at radius 2 is 2.38 bits per heavy atom. The first-order valence-electron chi connectivity index (χ1n) is 4.80. The Hall–Kier alpha value is -1.06. The zero-order chi connectivity index (χ0) is 9.42. The number of fused-ring (bicyclic) bond motifs is 2. The molecule has 2 aliphatic rings. The van der Waals surface area contributed by atoms with Crippen molar-refractivity contribution in [2.75, 3.05) is 0 Å². The van der Waals surface area contributed by atoms with Crippen LogP contribution >= 0.6 is 0 Å². The summed E-state index contributed by atoms with van der Waals surface area (Å²) in [5, 5.41) is 4.05. The van der Waals surface area contributed by atoms with E-state index >= 15 is 0 Å². The normalized spacial score (nSPS) is 39.8. The molecule has 2 aliphatic carbocycles. The van der Waals surface area contributed by atoms with Gasteiger partial charge in [0.2, 0.25) is 0 Å². The Balaban J connectivity index is 2.04. The number of nitrogens with one attached hydrogen (secondary N) is 1. The van der Waals surface area contributed by atoms with Gasteiger partial charge in [0.1, 0.15) is 0 Å². The zero-order valence-electron chi connectivity index (χ0n) is 7.79. The fraction of sp³-hybridized carbons (Fsp3) is 0.778. The zero-order valence-corrected chi connectivity index (χ0v) is 7.79. The number of hydrazone groups is 1.